The molecule has 0 N–H and O–H groups in total. The number of fused-ring (bicyclic) bond motifs is 1. The Morgan fingerprint density at radius 3 is 2.77 bits per heavy atom. The number of carbonyl (C=O) groups is 1. The van der Waals surface area contributed by atoms with Gasteiger partial charge in [-0.2, -0.15) is 0 Å². The van der Waals surface area contributed by atoms with Crippen molar-refractivity contribution in [3.05, 3.63) is 52.3 Å². The van der Waals surface area contributed by atoms with Crippen LogP contribution in [0.2, 0.25) is 0 Å². The highest BCUT2D eigenvalue weighted by molar-refractivity contribution is 5.98. The minimum atomic E-state index is 0.177. The van der Waals surface area contributed by atoms with Crippen molar-refractivity contribution in [3.63, 3.8) is 0 Å². The van der Waals surface area contributed by atoms with Gasteiger partial charge < -0.3 is 9.47 Å². The van der Waals surface area contributed by atoms with E-state index in [0.29, 0.717) is 6.54 Å². The van der Waals surface area contributed by atoms with Crippen LogP contribution in [0.1, 0.15) is 52.5 Å². The van der Waals surface area contributed by atoms with E-state index in [4.69, 9.17) is 0 Å². The van der Waals surface area contributed by atoms with Gasteiger partial charge in [-0.05, 0) is 81.3 Å². The van der Waals surface area contributed by atoms with Crippen molar-refractivity contribution >= 4 is 17.8 Å². The highest BCUT2D eigenvalue weighted by atomic mass is 16.1. The molecule has 138 valence electrons. The molecule has 0 atom stereocenters. The number of aliphatic imine (C=N–C) groups is 1. The SMILES string of the molecule is CCN(C)/C=N\c1cc(C)c(C(=O)Cn2ccc3c2CCCC3)cc1C. The quantitative estimate of drug-likeness (QED) is 0.437. The number of Topliss-reactive ketones (excluding diaryl/α,β-unsaturated/α-hetero) is 1. The normalized spacial score (nSPS) is 13.8. The van der Waals surface area contributed by atoms with Crippen LogP contribution in [-0.2, 0) is 19.4 Å². The standard InChI is InChI=1S/C22H29N3O/c1-5-24(4)15-23-20-13-16(2)19(12-17(20)3)22(26)14-25-11-10-18-8-6-7-9-21(18)25/h10-13,15H,5-9,14H2,1-4H3/b23-15-. The zero-order valence-corrected chi connectivity index (χ0v) is 16.4. The zero-order valence-electron chi connectivity index (χ0n) is 16.4. The largest absolute Gasteiger partial charge is 0.366 e. The number of ketones is 1. The minimum absolute atomic E-state index is 0.177. The predicted octanol–water partition coefficient (Wildman–Crippen LogP) is 4.48. The van der Waals surface area contributed by atoms with Crippen LogP contribution in [0.5, 0.6) is 0 Å². The summed E-state index contributed by atoms with van der Waals surface area (Å²) >= 11 is 0. The Hall–Kier alpha value is -2.36. The number of nitrogens with zero attached hydrogens (tertiary/aromatic N) is 3. The van der Waals surface area contributed by atoms with Crippen molar-refractivity contribution in [1.82, 2.24) is 9.47 Å². The molecule has 2 aromatic rings. The number of benzene rings is 1. The summed E-state index contributed by atoms with van der Waals surface area (Å²) in [5, 5.41) is 0. The molecule has 1 aliphatic rings. The summed E-state index contributed by atoms with van der Waals surface area (Å²) in [5.74, 6) is 0.177. The molecule has 1 aromatic carbocycles. The third-order valence-electron chi connectivity index (χ3n) is 5.33. The van der Waals surface area contributed by atoms with Crippen LogP contribution in [0.4, 0.5) is 5.69 Å². The molecule has 3 rings (SSSR count). The number of hydrogen-bond donors (Lipinski definition) is 0. The molecule has 1 aromatic heterocycles. The summed E-state index contributed by atoms with van der Waals surface area (Å²) in [6, 6.07) is 6.20. The molecule has 0 saturated carbocycles. The van der Waals surface area contributed by atoms with E-state index in [1.54, 1.807) is 0 Å². The van der Waals surface area contributed by atoms with Crippen molar-refractivity contribution in [1.29, 1.82) is 0 Å². The Balaban J connectivity index is 1.80. The van der Waals surface area contributed by atoms with Crippen LogP contribution in [0.15, 0.2) is 29.4 Å². The zero-order chi connectivity index (χ0) is 18.7. The minimum Gasteiger partial charge on any atom is -0.366 e. The first-order chi connectivity index (χ1) is 12.5. The second-order valence-electron chi connectivity index (χ2n) is 7.32. The molecule has 4 nitrogen and oxygen atoms in total. The molecule has 0 spiro atoms. The lowest BCUT2D eigenvalue weighted by molar-refractivity contribution is 0.0970. The van der Waals surface area contributed by atoms with Crippen molar-refractivity contribution in [2.45, 2.75) is 53.0 Å². The summed E-state index contributed by atoms with van der Waals surface area (Å²) in [5.41, 5.74) is 6.54. The lowest BCUT2D eigenvalue weighted by atomic mass is 9.97. The molecular weight excluding hydrogens is 322 g/mol. The Morgan fingerprint density at radius 1 is 1.23 bits per heavy atom. The maximum Gasteiger partial charge on any atom is 0.182 e. The van der Waals surface area contributed by atoms with Gasteiger partial charge in [0.15, 0.2) is 5.78 Å². The van der Waals surface area contributed by atoms with E-state index in [-0.39, 0.29) is 5.78 Å². The van der Waals surface area contributed by atoms with Gasteiger partial charge in [0.05, 0.1) is 18.6 Å². The van der Waals surface area contributed by atoms with E-state index < -0.39 is 0 Å². The van der Waals surface area contributed by atoms with Crippen LogP contribution < -0.4 is 0 Å². The molecule has 0 fully saturated rings. The first-order valence-corrected chi connectivity index (χ1v) is 9.55. The maximum absolute atomic E-state index is 12.9. The second kappa shape index (κ2) is 7.90. The van der Waals surface area contributed by atoms with Gasteiger partial charge in [-0.15, -0.1) is 0 Å². The summed E-state index contributed by atoms with van der Waals surface area (Å²) in [6.07, 6.45) is 8.64. The lowest BCUT2D eigenvalue weighted by Crippen LogP contribution is -2.15. The topological polar surface area (TPSA) is 37.6 Å². The van der Waals surface area contributed by atoms with E-state index in [2.05, 4.69) is 28.7 Å². The number of rotatable bonds is 6. The Bertz CT molecular complexity index is 832. The number of carbonyl (C=O) groups excluding carboxylic acids is 1. The molecule has 4 heteroatoms. The van der Waals surface area contributed by atoms with Crippen molar-refractivity contribution in [3.8, 4) is 0 Å². The van der Waals surface area contributed by atoms with E-state index >= 15 is 0 Å². The summed E-state index contributed by atoms with van der Waals surface area (Å²) in [6.45, 7) is 7.45. The van der Waals surface area contributed by atoms with E-state index in [9.17, 15) is 4.79 Å². The average molecular weight is 351 g/mol. The van der Waals surface area contributed by atoms with Crippen molar-refractivity contribution < 1.29 is 4.79 Å². The van der Waals surface area contributed by atoms with Gasteiger partial charge in [0.1, 0.15) is 0 Å². The Morgan fingerprint density at radius 2 is 2.00 bits per heavy atom. The van der Waals surface area contributed by atoms with E-state index in [1.165, 1.54) is 24.1 Å². The van der Waals surface area contributed by atoms with E-state index in [1.807, 2.05) is 44.3 Å². The monoisotopic (exact) mass is 351 g/mol. The molecule has 1 aliphatic carbocycles. The fraction of sp³-hybridized carbons (Fsp3) is 0.455. The summed E-state index contributed by atoms with van der Waals surface area (Å²) < 4.78 is 2.15. The van der Waals surface area contributed by atoms with Gasteiger partial charge in [0, 0.05) is 31.0 Å². The Kier molecular flexibility index (Phi) is 5.60. The molecule has 0 unspecified atom stereocenters. The first kappa shape index (κ1) is 18.4. The van der Waals surface area contributed by atoms with Crippen LogP contribution in [-0.4, -0.2) is 35.2 Å². The number of aromatic nitrogens is 1. The van der Waals surface area contributed by atoms with Gasteiger partial charge in [-0.3, -0.25) is 4.79 Å². The molecule has 0 radical (unpaired) electrons. The van der Waals surface area contributed by atoms with Crippen LogP contribution >= 0.6 is 0 Å². The fourth-order valence-electron chi connectivity index (χ4n) is 3.56. The lowest BCUT2D eigenvalue weighted by Gasteiger charge is -2.16. The smallest absolute Gasteiger partial charge is 0.182 e. The second-order valence-corrected chi connectivity index (χ2v) is 7.32. The summed E-state index contributed by atoms with van der Waals surface area (Å²) in [4.78, 5) is 19.5. The van der Waals surface area contributed by atoms with Gasteiger partial charge >= 0.3 is 0 Å². The highest BCUT2D eigenvalue weighted by Crippen LogP contribution is 2.25. The molecule has 1 heterocycles. The van der Waals surface area contributed by atoms with E-state index in [0.717, 1.165) is 41.8 Å². The maximum atomic E-state index is 12.9. The third-order valence-corrected chi connectivity index (χ3v) is 5.33. The highest BCUT2D eigenvalue weighted by Gasteiger charge is 2.17. The van der Waals surface area contributed by atoms with Gasteiger partial charge in [-0.25, -0.2) is 4.99 Å². The number of hydrogen-bond acceptors (Lipinski definition) is 2. The number of aryl methyl sites for hydroxylation is 3. The van der Waals surface area contributed by atoms with Crippen molar-refractivity contribution in [2.75, 3.05) is 13.6 Å². The van der Waals surface area contributed by atoms with Crippen molar-refractivity contribution in [2.24, 2.45) is 4.99 Å². The molecule has 0 aliphatic heterocycles. The fourth-order valence-corrected chi connectivity index (χ4v) is 3.56. The molecular formula is C22H29N3O. The Labute approximate surface area is 156 Å². The molecule has 0 saturated heterocycles. The van der Waals surface area contributed by atoms with Gasteiger partial charge in [-0.1, -0.05) is 0 Å². The molecule has 0 bridgehead atoms. The molecule has 26 heavy (non-hydrogen) atoms. The van der Waals surface area contributed by atoms with Gasteiger partial charge in [0.25, 0.3) is 0 Å². The van der Waals surface area contributed by atoms with Crippen LogP contribution in [0.3, 0.4) is 0 Å². The summed E-state index contributed by atoms with van der Waals surface area (Å²) in [7, 11) is 2.00. The van der Waals surface area contributed by atoms with Gasteiger partial charge in [0.2, 0.25) is 0 Å². The third kappa shape index (κ3) is 3.90. The van der Waals surface area contributed by atoms with Crippen LogP contribution in [0.25, 0.3) is 0 Å². The first-order valence-electron chi connectivity index (χ1n) is 9.55. The average Bonchev–Trinajstić information content (AvgIpc) is 3.04. The van der Waals surface area contributed by atoms with Crippen LogP contribution in [0, 0.1) is 13.8 Å². The molecule has 0 amide bonds. The predicted molar refractivity (Wildman–Crippen MR) is 108 cm³/mol.